The van der Waals surface area contributed by atoms with Crippen LogP contribution in [0, 0.1) is 13.8 Å². The highest BCUT2D eigenvalue weighted by Crippen LogP contribution is 2.23. The van der Waals surface area contributed by atoms with Crippen molar-refractivity contribution in [2.45, 2.75) is 13.8 Å². The number of hydrogen-bond donors (Lipinski definition) is 1. The van der Waals surface area contributed by atoms with E-state index in [1.807, 2.05) is 32.0 Å². The molecule has 1 N–H and O–H groups in total. The van der Waals surface area contributed by atoms with Crippen LogP contribution in [-0.2, 0) is 4.79 Å². The van der Waals surface area contributed by atoms with E-state index >= 15 is 0 Å². The molecule has 0 radical (unpaired) electrons. The summed E-state index contributed by atoms with van der Waals surface area (Å²) in [4.78, 5) is 24.2. The average molecular weight is 471 g/mol. The topological polar surface area (TPSA) is 90.1 Å². The van der Waals surface area contributed by atoms with E-state index < -0.39 is 11.9 Å². The first-order valence-electron chi connectivity index (χ1n) is 9.00. The molecular formula is C22H19BrN2O5. The zero-order valence-corrected chi connectivity index (χ0v) is 17.9. The quantitative estimate of drug-likeness (QED) is 0.239. The van der Waals surface area contributed by atoms with Crippen LogP contribution in [0.15, 0.2) is 68.8 Å². The third-order valence-electron chi connectivity index (χ3n) is 4.05. The molecule has 1 aromatic heterocycles. The molecule has 0 aliphatic rings. The summed E-state index contributed by atoms with van der Waals surface area (Å²) in [5, 5.41) is 3.93. The van der Waals surface area contributed by atoms with Crippen LogP contribution < -0.4 is 14.9 Å². The molecule has 1 heterocycles. The minimum Gasteiger partial charge on any atom is -0.483 e. The van der Waals surface area contributed by atoms with Gasteiger partial charge >= 0.3 is 5.97 Å². The lowest BCUT2D eigenvalue weighted by Gasteiger charge is -2.10. The minimum atomic E-state index is -0.636. The van der Waals surface area contributed by atoms with Crippen LogP contribution in [0.5, 0.6) is 11.5 Å². The zero-order valence-electron chi connectivity index (χ0n) is 16.3. The maximum atomic E-state index is 12.1. The summed E-state index contributed by atoms with van der Waals surface area (Å²) in [5.74, 6) is -0.0288. The molecule has 2 aromatic carbocycles. The van der Waals surface area contributed by atoms with Crippen molar-refractivity contribution in [2.24, 2.45) is 5.10 Å². The van der Waals surface area contributed by atoms with E-state index in [0.29, 0.717) is 11.3 Å². The van der Waals surface area contributed by atoms with Crippen LogP contribution in [0.1, 0.15) is 27.2 Å². The molecule has 0 saturated heterocycles. The lowest BCUT2D eigenvalue weighted by Crippen LogP contribution is -2.25. The van der Waals surface area contributed by atoms with E-state index in [0.717, 1.165) is 15.6 Å². The van der Waals surface area contributed by atoms with E-state index in [-0.39, 0.29) is 18.1 Å². The molecule has 30 heavy (non-hydrogen) atoms. The van der Waals surface area contributed by atoms with Crippen LogP contribution >= 0.6 is 15.9 Å². The maximum absolute atomic E-state index is 12.1. The largest absolute Gasteiger partial charge is 0.483 e. The van der Waals surface area contributed by atoms with Crippen molar-refractivity contribution in [1.82, 2.24) is 5.43 Å². The molecule has 8 heteroatoms. The number of hydrogen-bond acceptors (Lipinski definition) is 6. The molecule has 0 spiro atoms. The fourth-order valence-corrected chi connectivity index (χ4v) is 3.01. The summed E-state index contributed by atoms with van der Waals surface area (Å²) < 4.78 is 16.7. The third kappa shape index (κ3) is 5.57. The lowest BCUT2D eigenvalue weighted by atomic mass is 10.1. The predicted molar refractivity (Wildman–Crippen MR) is 115 cm³/mol. The molecule has 0 aliphatic carbocycles. The van der Waals surface area contributed by atoms with Crippen LogP contribution in [0.2, 0.25) is 0 Å². The second-order valence-electron chi connectivity index (χ2n) is 6.35. The second-order valence-corrected chi connectivity index (χ2v) is 7.27. The smallest absolute Gasteiger partial charge is 0.379 e. The van der Waals surface area contributed by atoms with Gasteiger partial charge in [-0.2, -0.15) is 5.10 Å². The third-order valence-corrected chi connectivity index (χ3v) is 4.54. The summed E-state index contributed by atoms with van der Waals surface area (Å²) in [6.07, 6.45) is 2.77. The number of amides is 1. The number of esters is 1. The van der Waals surface area contributed by atoms with Gasteiger partial charge in [0.25, 0.3) is 5.91 Å². The molecule has 154 valence electrons. The number of aryl methyl sites for hydroxylation is 2. The number of rotatable bonds is 7. The summed E-state index contributed by atoms with van der Waals surface area (Å²) in [7, 11) is 0. The van der Waals surface area contributed by atoms with Crippen LogP contribution in [0.25, 0.3) is 0 Å². The van der Waals surface area contributed by atoms with Gasteiger partial charge in [-0.05, 0) is 55.3 Å². The van der Waals surface area contributed by atoms with Gasteiger partial charge in [0.05, 0.1) is 12.5 Å². The number of halogens is 1. The van der Waals surface area contributed by atoms with Gasteiger partial charge in [-0.3, -0.25) is 4.79 Å². The molecule has 1 amide bonds. The Bertz CT molecular complexity index is 1060. The number of hydrazone groups is 1. The van der Waals surface area contributed by atoms with Crippen LogP contribution in [-0.4, -0.2) is 24.7 Å². The van der Waals surface area contributed by atoms with E-state index in [4.69, 9.17) is 13.9 Å². The summed E-state index contributed by atoms with van der Waals surface area (Å²) in [6, 6.07) is 13.9. The molecular weight excluding hydrogens is 452 g/mol. The summed E-state index contributed by atoms with van der Waals surface area (Å²) >= 11 is 3.36. The second kappa shape index (κ2) is 9.89. The van der Waals surface area contributed by atoms with Gasteiger partial charge in [0.1, 0.15) is 11.5 Å². The van der Waals surface area contributed by atoms with Crippen LogP contribution in [0.4, 0.5) is 0 Å². The van der Waals surface area contributed by atoms with Gasteiger partial charge in [-0.15, -0.1) is 0 Å². The molecule has 0 bridgehead atoms. The van der Waals surface area contributed by atoms with Crippen molar-refractivity contribution in [2.75, 3.05) is 6.61 Å². The summed E-state index contributed by atoms with van der Waals surface area (Å²) in [6.45, 7) is 3.65. The fourth-order valence-electron chi connectivity index (χ4n) is 2.63. The molecule has 0 saturated carbocycles. The lowest BCUT2D eigenvalue weighted by molar-refractivity contribution is -0.123. The monoisotopic (exact) mass is 470 g/mol. The van der Waals surface area contributed by atoms with E-state index in [1.54, 1.807) is 24.3 Å². The fraction of sp³-hybridized carbons (Fsp3) is 0.136. The van der Waals surface area contributed by atoms with E-state index in [9.17, 15) is 9.59 Å². The normalized spacial score (nSPS) is 10.8. The zero-order chi connectivity index (χ0) is 21.5. The average Bonchev–Trinajstić information content (AvgIpc) is 3.24. The number of carbonyl (C=O) groups excluding carboxylic acids is 2. The standard InChI is InChI=1S/C22H19BrN2O5/c1-14-5-3-6-15(2)21(14)29-13-20(26)25-24-12-16-11-17(23)8-9-18(16)30-22(27)19-7-4-10-28-19/h3-12H,13H2,1-2H3,(H,25,26)/b24-12+. The van der Waals surface area contributed by atoms with Crippen molar-refractivity contribution in [3.8, 4) is 11.5 Å². The first-order valence-corrected chi connectivity index (χ1v) is 9.79. The van der Waals surface area contributed by atoms with Crippen molar-refractivity contribution in [3.63, 3.8) is 0 Å². The highest BCUT2D eigenvalue weighted by Gasteiger charge is 2.14. The summed E-state index contributed by atoms with van der Waals surface area (Å²) in [5.41, 5.74) is 4.78. The minimum absolute atomic E-state index is 0.0813. The number of furan rings is 1. The predicted octanol–water partition coefficient (Wildman–Crippen LogP) is 4.41. The Kier molecular flexibility index (Phi) is 7.03. The van der Waals surface area contributed by atoms with Gasteiger partial charge in [-0.25, -0.2) is 10.2 Å². The molecule has 0 fully saturated rings. The number of nitrogens with zero attached hydrogens (tertiary/aromatic N) is 1. The Morgan fingerprint density at radius 2 is 1.90 bits per heavy atom. The molecule has 3 rings (SSSR count). The Balaban J connectivity index is 1.62. The Hall–Kier alpha value is -3.39. The first kappa shape index (κ1) is 21.3. The molecule has 0 atom stereocenters. The molecule has 0 aliphatic heterocycles. The Labute approximate surface area is 181 Å². The Morgan fingerprint density at radius 3 is 2.60 bits per heavy atom. The number of benzene rings is 2. The van der Waals surface area contributed by atoms with Gasteiger partial charge < -0.3 is 13.9 Å². The van der Waals surface area contributed by atoms with Crippen molar-refractivity contribution in [1.29, 1.82) is 0 Å². The Morgan fingerprint density at radius 1 is 1.13 bits per heavy atom. The highest BCUT2D eigenvalue weighted by atomic mass is 79.9. The maximum Gasteiger partial charge on any atom is 0.379 e. The number of carbonyl (C=O) groups is 2. The highest BCUT2D eigenvalue weighted by molar-refractivity contribution is 9.10. The van der Waals surface area contributed by atoms with Crippen LogP contribution in [0.3, 0.4) is 0 Å². The van der Waals surface area contributed by atoms with E-state index in [2.05, 4.69) is 26.5 Å². The molecule has 7 nitrogen and oxygen atoms in total. The van der Waals surface area contributed by atoms with Crippen molar-refractivity contribution in [3.05, 3.63) is 81.7 Å². The van der Waals surface area contributed by atoms with Gasteiger partial charge in [-0.1, -0.05) is 34.1 Å². The number of para-hydroxylation sites is 1. The van der Waals surface area contributed by atoms with Crippen molar-refractivity contribution < 1.29 is 23.5 Å². The van der Waals surface area contributed by atoms with E-state index in [1.165, 1.54) is 18.5 Å². The van der Waals surface area contributed by atoms with Crippen molar-refractivity contribution >= 4 is 34.0 Å². The SMILES string of the molecule is Cc1cccc(C)c1OCC(=O)N/N=C/c1cc(Br)ccc1OC(=O)c1ccco1. The van der Waals surface area contributed by atoms with Gasteiger partial charge in [0.2, 0.25) is 5.76 Å². The first-order chi connectivity index (χ1) is 14.4. The van der Waals surface area contributed by atoms with Gasteiger partial charge in [0, 0.05) is 10.0 Å². The molecule has 3 aromatic rings. The molecule has 0 unspecified atom stereocenters. The van der Waals surface area contributed by atoms with Gasteiger partial charge in [0.15, 0.2) is 6.61 Å². The number of ether oxygens (including phenoxy) is 2. The number of nitrogens with one attached hydrogen (secondary N) is 1.